The molecule has 1 heterocycles. The molecule has 2 N–H and O–H groups in total. The van der Waals surface area contributed by atoms with Crippen LogP contribution in [0.3, 0.4) is 0 Å². The summed E-state index contributed by atoms with van der Waals surface area (Å²) < 4.78 is 0.713. The van der Waals surface area contributed by atoms with E-state index in [0.717, 1.165) is 0 Å². The Morgan fingerprint density at radius 2 is 2.18 bits per heavy atom. The van der Waals surface area contributed by atoms with E-state index in [0.29, 0.717) is 22.9 Å². The van der Waals surface area contributed by atoms with Gasteiger partial charge >= 0.3 is 5.97 Å². The first-order valence-corrected chi connectivity index (χ1v) is 5.95. The van der Waals surface area contributed by atoms with E-state index in [1.807, 2.05) is 0 Å². The number of nitrogens with zero attached hydrogens (tertiary/aromatic N) is 1. The topological polar surface area (TPSA) is 79.3 Å². The van der Waals surface area contributed by atoms with Crippen LogP contribution in [-0.4, -0.2) is 28.5 Å². The van der Waals surface area contributed by atoms with E-state index in [2.05, 4.69) is 26.2 Å². The molecule has 0 aromatic carbocycles. The highest BCUT2D eigenvalue weighted by Crippen LogP contribution is 2.45. The Balaban J connectivity index is 1.96. The Hall–Kier alpha value is -1.43. The van der Waals surface area contributed by atoms with Crippen molar-refractivity contribution < 1.29 is 14.7 Å². The van der Waals surface area contributed by atoms with Crippen molar-refractivity contribution in [2.45, 2.75) is 12.8 Å². The standard InChI is InChI=1S/C11H11BrN2O3/c12-8-3-7(4-13-5-8)9(15)14-6-11(1-2-11)10(16)17/h3-5H,1-2,6H2,(H,14,15)(H,16,17). The van der Waals surface area contributed by atoms with E-state index < -0.39 is 11.4 Å². The Morgan fingerprint density at radius 3 is 2.71 bits per heavy atom. The Labute approximate surface area is 106 Å². The number of amides is 1. The highest BCUT2D eigenvalue weighted by molar-refractivity contribution is 9.10. The fourth-order valence-electron chi connectivity index (χ4n) is 1.50. The maximum Gasteiger partial charge on any atom is 0.311 e. The number of carbonyl (C=O) groups is 2. The summed E-state index contributed by atoms with van der Waals surface area (Å²) in [5.74, 6) is -1.14. The lowest BCUT2D eigenvalue weighted by Crippen LogP contribution is -2.34. The smallest absolute Gasteiger partial charge is 0.311 e. The zero-order valence-corrected chi connectivity index (χ0v) is 10.5. The van der Waals surface area contributed by atoms with Crippen LogP contribution in [0.15, 0.2) is 22.9 Å². The largest absolute Gasteiger partial charge is 0.481 e. The van der Waals surface area contributed by atoms with Gasteiger partial charge < -0.3 is 10.4 Å². The van der Waals surface area contributed by atoms with Crippen molar-refractivity contribution in [2.24, 2.45) is 5.41 Å². The van der Waals surface area contributed by atoms with Crippen LogP contribution >= 0.6 is 15.9 Å². The van der Waals surface area contributed by atoms with Gasteiger partial charge in [0, 0.05) is 23.4 Å². The van der Waals surface area contributed by atoms with Crippen molar-refractivity contribution in [1.82, 2.24) is 10.3 Å². The van der Waals surface area contributed by atoms with Crippen molar-refractivity contribution in [3.05, 3.63) is 28.5 Å². The minimum Gasteiger partial charge on any atom is -0.481 e. The maximum atomic E-state index is 11.7. The highest BCUT2D eigenvalue weighted by Gasteiger charge is 2.50. The van der Waals surface area contributed by atoms with Crippen molar-refractivity contribution in [3.63, 3.8) is 0 Å². The van der Waals surface area contributed by atoms with Gasteiger partial charge in [-0.2, -0.15) is 0 Å². The number of aromatic nitrogens is 1. The number of nitrogens with one attached hydrogen (secondary N) is 1. The number of halogens is 1. The van der Waals surface area contributed by atoms with Gasteiger partial charge in [0.2, 0.25) is 0 Å². The van der Waals surface area contributed by atoms with E-state index in [9.17, 15) is 9.59 Å². The normalized spacial score (nSPS) is 16.3. The molecule has 1 fully saturated rings. The fraction of sp³-hybridized carbons (Fsp3) is 0.364. The first-order chi connectivity index (χ1) is 8.03. The van der Waals surface area contributed by atoms with Crippen LogP contribution in [0.25, 0.3) is 0 Å². The second kappa shape index (κ2) is 4.44. The third kappa shape index (κ3) is 2.63. The second-order valence-electron chi connectivity index (χ2n) is 4.16. The summed E-state index contributed by atoms with van der Waals surface area (Å²) in [6.07, 6.45) is 4.27. The van der Waals surface area contributed by atoms with E-state index in [1.165, 1.54) is 6.20 Å². The average Bonchev–Trinajstić information content (AvgIpc) is 3.07. The molecule has 1 saturated carbocycles. The van der Waals surface area contributed by atoms with E-state index in [4.69, 9.17) is 5.11 Å². The monoisotopic (exact) mass is 298 g/mol. The number of pyridine rings is 1. The summed E-state index contributed by atoms with van der Waals surface area (Å²) in [7, 11) is 0. The van der Waals surface area contributed by atoms with Crippen LogP contribution in [0.5, 0.6) is 0 Å². The lowest BCUT2D eigenvalue weighted by Gasteiger charge is -2.10. The third-order valence-corrected chi connectivity index (χ3v) is 3.30. The zero-order chi connectivity index (χ0) is 12.5. The summed E-state index contributed by atoms with van der Waals surface area (Å²) >= 11 is 3.22. The van der Waals surface area contributed by atoms with Crippen molar-refractivity contribution in [3.8, 4) is 0 Å². The van der Waals surface area contributed by atoms with Gasteiger partial charge in [0.05, 0.1) is 11.0 Å². The van der Waals surface area contributed by atoms with Crippen molar-refractivity contribution in [2.75, 3.05) is 6.54 Å². The van der Waals surface area contributed by atoms with Crippen LogP contribution in [0.4, 0.5) is 0 Å². The molecule has 0 aliphatic heterocycles. The molecule has 90 valence electrons. The van der Waals surface area contributed by atoms with Gasteiger partial charge in [-0.25, -0.2) is 0 Å². The lowest BCUT2D eigenvalue weighted by atomic mass is 10.1. The number of carbonyl (C=O) groups excluding carboxylic acids is 1. The SMILES string of the molecule is O=C(NCC1(C(=O)O)CC1)c1cncc(Br)c1. The molecule has 0 spiro atoms. The van der Waals surface area contributed by atoms with Gasteiger partial charge in [-0.1, -0.05) is 0 Å². The van der Waals surface area contributed by atoms with E-state index >= 15 is 0 Å². The molecule has 0 bridgehead atoms. The van der Waals surface area contributed by atoms with Crippen LogP contribution < -0.4 is 5.32 Å². The van der Waals surface area contributed by atoms with Gasteiger partial charge in [-0.3, -0.25) is 14.6 Å². The molecule has 1 aromatic heterocycles. The quantitative estimate of drug-likeness (QED) is 0.881. The summed E-state index contributed by atoms with van der Waals surface area (Å²) in [5.41, 5.74) is -0.324. The molecule has 1 aliphatic rings. The minimum atomic E-state index is -0.842. The Morgan fingerprint density at radius 1 is 1.47 bits per heavy atom. The first kappa shape index (κ1) is 12.0. The van der Waals surface area contributed by atoms with Gasteiger partial charge in [0.15, 0.2) is 0 Å². The molecule has 1 aromatic rings. The molecular weight excluding hydrogens is 288 g/mol. The van der Waals surface area contributed by atoms with E-state index in [-0.39, 0.29) is 12.5 Å². The van der Waals surface area contributed by atoms with Crippen LogP contribution in [0.1, 0.15) is 23.2 Å². The van der Waals surface area contributed by atoms with Gasteiger partial charge in [-0.05, 0) is 34.8 Å². The predicted octanol–water partition coefficient (Wildman–Crippen LogP) is 1.44. The summed E-state index contributed by atoms with van der Waals surface area (Å²) in [4.78, 5) is 26.5. The number of hydrogen-bond donors (Lipinski definition) is 2. The van der Waals surface area contributed by atoms with Crippen LogP contribution in [0.2, 0.25) is 0 Å². The molecule has 6 heteroatoms. The lowest BCUT2D eigenvalue weighted by molar-refractivity contribution is -0.143. The molecule has 0 radical (unpaired) electrons. The Bertz CT molecular complexity index is 472. The van der Waals surface area contributed by atoms with Gasteiger partial charge in [0.25, 0.3) is 5.91 Å². The third-order valence-electron chi connectivity index (χ3n) is 2.86. The molecule has 0 unspecified atom stereocenters. The van der Waals surface area contributed by atoms with Gasteiger partial charge in [0.1, 0.15) is 0 Å². The molecular formula is C11H11BrN2O3. The molecule has 0 atom stereocenters. The number of carboxylic acid groups (broad SMARTS) is 1. The fourth-order valence-corrected chi connectivity index (χ4v) is 1.87. The molecule has 1 aliphatic carbocycles. The second-order valence-corrected chi connectivity index (χ2v) is 5.08. The van der Waals surface area contributed by atoms with Crippen LogP contribution in [0, 0.1) is 5.41 Å². The van der Waals surface area contributed by atoms with Gasteiger partial charge in [-0.15, -0.1) is 0 Å². The summed E-state index contributed by atoms with van der Waals surface area (Å²) in [6.45, 7) is 0.174. The van der Waals surface area contributed by atoms with E-state index in [1.54, 1.807) is 12.3 Å². The maximum absolute atomic E-state index is 11.7. The zero-order valence-electron chi connectivity index (χ0n) is 8.94. The predicted molar refractivity (Wildman–Crippen MR) is 63.6 cm³/mol. The molecule has 2 rings (SSSR count). The first-order valence-electron chi connectivity index (χ1n) is 5.16. The number of rotatable bonds is 4. The average molecular weight is 299 g/mol. The minimum absolute atomic E-state index is 0.174. The number of carboxylic acids is 1. The molecule has 1 amide bonds. The van der Waals surface area contributed by atoms with Crippen LogP contribution in [-0.2, 0) is 4.79 Å². The number of aliphatic carboxylic acids is 1. The molecule has 17 heavy (non-hydrogen) atoms. The molecule has 5 nitrogen and oxygen atoms in total. The molecule has 0 saturated heterocycles. The van der Waals surface area contributed by atoms with Crippen molar-refractivity contribution >= 4 is 27.8 Å². The number of hydrogen-bond acceptors (Lipinski definition) is 3. The highest BCUT2D eigenvalue weighted by atomic mass is 79.9. The Kier molecular flexibility index (Phi) is 3.15. The summed E-state index contributed by atoms with van der Waals surface area (Å²) in [5, 5.41) is 11.6. The summed E-state index contributed by atoms with van der Waals surface area (Å²) in [6, 6.07) is 1.64. The van der Waals surface area contributed by atoms with Crippen molar-refractivity contribution in [1.29, 1.82) is 0 Å².